The molecule has 0 aliphatic carbocycles. The van der Waals surface area contributed by atoms with E-state index in [0.29, 0.717) is 19.1 Å². The van der Waals surface area contributed by atoms with E-state index in [4.69, 9.17) is 0 Å². The lowest BCUT2D eigenvalue weighted by Gasteiger charge is -2.19. The highest BCUT2D eigenvalue weighted by Gasteiger charge is 2.20. The molecule has 0 aliphatic heterocycles. The maximum Gasteiger partial charge on any atom is 0.489 e. The molecule has 2 rings (SSSR count). The highest BCUT2D eigenvalue weighted by molar-refractivity contribution is 6.60. The number of esters is 1. The van der Waals surface area contributed by atoms with Crippen molar-refractivity contribution in [2.45, 2.75) is 25.3 Å². The van der Waals surface area contributed by atoms with Crippen molar-refractivity contribution in [2.24, 2.45) is 0 Å². The largest absolute Gasteiger partial charge is 0.489 e. The predicted octanol–water partition coefficient (Wildman–Crippen LogP) is 0.473. The average Bonchev–Trinajstić information content (AvgIpc) is 2.71. The van der Waals surface area contributed by atoms with Gasteiger partial charge in [-0.05, 0) is 36.0 Å². The van der Waals surface area contributed by atoms with Crippen LogP contribution in [0, 0.1) is 0 Å². The van der Waals surface area contributed by atoms with Crippen LogP contribution >= 0.6 is 0 Å². The first-order valence-electron chi connectivity index (χ1n) is 8.81. The third-order valence-corrected chi connectivity index (χ3v) is 4.34. The Morgan fingerprint density at radius 2 is 1.89 bits per heavy atom. The Morgan fingerprint density at radius 1 is 1.18 bits per heavy atom. The van der Waals surface area contributed by atoms with E-state index in [9.17, 15) is 24.4 Å². The van der Waals surface area contributed by atoms with Crippen LogP contribution in [-0.2, 0) is 16.0 Å². The number of aldehydes is 1. The van der Waals surface area contributed by atoms with Gasteiger partial charge >= 0.3 is 13.1 Å². The molecule has 8 heteroatoms. The molecule has 0 saturated heterocycles. The zero-order chi connectivity index (χ0) is 20.5. The first kappa shape index (κ1) is 21.3. The van der Waals surface area contributed by atoms with Crippen molar-refractivity contribution in [2.75, 3.05) is 7.11 Å². The van der Waals surface area contributed by atoms with Gasteiger partial charge in [-0.2, -0.15) is 0 Å². The van der Waals surface area contributed by atoms with E-state index in [1.54, 1.807) is 0 Å². The molecule has 0 spiro atoms. The number of hydrogen-bond acceptors (Lipinski definition) is 6. The van der Waals surface area contributed by atoms with Gasteiger partial charge in [-0.25, -0.2) is 0 Å². The zero-order valence-corrected chi connectivity index (χ0v) is 15.5. The summed E-state index contributed by atoms with van der Waals surface area (Å²) in [5.74, 6) is -0.787. The first-order chi connectivity index (χ1) is 13.4. The lowest BCUT2D eigenvalue weighted by molar-refractivity contribution is -0.140. The van der Waals surface area contributed by atoms with Crippen LogP contribution in [0.3, 0.4) is 0 Å². The Balaban J connectivity index is 2.16. The number of carbonyl (C=O) groups is 3. The van der Waals surface area contributed by atoms with Gasteiger partial charge in [0.15, 0.2) is 0 Å². The monoisotopic (exact) mass is 383 g/mol. The third kappa shape index (κ3) is 6.04. The molecule has 0 saturated carbocycles. The minimum atomic E-state index is -1.80. The van der Waals surface area contributed by atoms with E-state index in [1.165, 1.54) is 25.3 Å². The fourth-order valence-corrected chi connectivity index (χ4v) is 2.84. The minimum Gasteiger partial charge on any atom is -0.469 e. The fraction of sp³-hybridized carbons (Fsp3) is 0.250. The second-order valence-corrected chi connectivity index (χ2v) is 6.31. The highest BCUT2D eigenvalue weighted by Crippen LogP contribution is 2.10. The summed E-state index contributed by atoms with van der Waals surface area (Å²) in [4.78, 5) is 35.3. The molecule has 1 unspecified atom stereocenters. The van der Waals surface area contributed by atoms with E-state index in [0.717, 1.165) is 5.56 Å². The molecule has 3 N–H and O–H groups in total. The molecule has 1 atom stereocenters. The van der Waals surface area contributed by atoms with Crippen molar-refractivity contribution in [1.29, 1.82) is 0 Å². The van der Waals surface area contributed by atoms with Crippen molar-refractivity contribution in [3.05, 3.63) is 65.2 Å². The van der Waals surface area contributed by atoms with E-state index in [1.807, 2.05) is 30.3 Å². The molecule has 0 fully saturated rings. The van der Waals surface area contributed by atoms with Gasteiger partial charge in [0.25, 0.3) is 5.91 Å². The SMILES string of the molecule is COC(=O)CCC(Cc1ccccc1)NC(=O)c1ccc(B(O)O)c(C=O)c1. The summed E-state index contributed by atoms with van der Waals surface area (Å²) in [6, 6.07) is 13.3. The molecule has 0 radical (unpaired) electrons. The molecule has 0 aliphatic rings. The van der Waals surface area contributed by atoms with Crippen LogP contribution in [0.5, 0.6) is 0 Å². The lowest BCUT2D eigenvalue weighted by atomic mass is 9.77. The molecular formula is C20H22BNO6. The van der Waals surface area contributed by atoms with Gasteiger partial charge in [0.2, 0.25) is 0 Å². The van der Waals surface area contributed by atoms with Gasteiger partial charge in [-0.1, -0.05) is 36.4 Å². The second kappa shape index (κ2) is 10.4. The number of nitrogens with one attached hydrogen (secondary N) is 1. The molecule has 0 bridgehead atoms. The van der Waals surface area contributed by atoms with Gasteiger partial charge in [0.05, 0.1) is 7.11 Å². The molecule has 1 amide bonds. The van der Waals surface area contributed by atoms with E-state index < -0.39 is 13.0 Å². The Bertz CT molecular complexity index is 825. The summed E-state index contributed by atoms with van der Waals surface area (Å²) < 4.78 is 4.67. The molecule has 0 heterocycles. The summed E-state index contributed by atoms with van der Waals surface area (Å²) in [6.45, 7) is 0. The highest BCUT2D eigenvalue weighted by atomic mass is 16.5. The number of benzene rings is 2. The van der Waals surface area contributed by atoms with Crippen molar-refractivity contribution in [1.82, 2.24) is 5.32 Å². The summed E-state index contributed by atoms with van der Waals surface area (Å²) in [5.41, 5.74) is 1.27. The number of hydrogen-bond donors (Lipinski definition) is 3. The van der Waals surface area contributed by atoms with Crippen LogP contribution in [0.1, 0.15) is 39.1 Å². The smallest absolute Gasteiger partial charge is 0.469 e. The zero-order valence-electron chi connectivity index (χ0n) is 15.5. The molecular weight excluding hydrogens is 361 g/mol. The van der Waals surface area contributed by atoms with Gasteiger partial charge in [-0.3, -0.25) is 14.4 Å². The fourth-order valence-electron chi connectivity index (χ4n) is 2.84. The van der Waals surface area contributed by atoms with Crippen molar-refractivity contribution in [3.8, 4) is 0 Å². The van der Waals surface area contributed by atoms with Gasteiger partial charge in [0, 0.05) is 23.6 Å². The molecule has 146 valence electrons. The standard InChI is InChI=1S/C20H22BNO6/c1-28-19(24)10-8-17(11-14-5-3-2-4-6-14)22-20(25)15-7-9-18(21(26)27)16(12-15)13-23/h2-7,9,12-13,17,26-27H,8,10-11H2,1H3,(H,22,25). The average molecular weight is 383 g/mol. The molecule has 0 aromatic heterocycles. The minimum absolute atomic E-state index is 0.0248. The Morgan fingerprint density at radius 3 is 2.50 bits per heavy atom. The third-order valence-electron chi connectivity index (χ3n) is 4.34. The quantitative estimate of drug-likeness (QED) is 0.330. The summed E-state index contributed by atoms with van der Waals surface area (Å²) in [5, 5.41) is 21.4. The van der Waals surface area contributed by atoms with Crippen molar-refractivity contribution in [3.63, 3.8) is 0 Å². The number of carbonyl (C=O) groups excluding carboxylic acids is 3. The topological polar surface area (TPSA) is 113 Å². The van der Waals surface area contributed by atoms with E-state index in [-0.39, 0.29) is 35.0 Å². The second-order valence-electron chi connectivity index (χ2n) is 6.31. The number of ether oxygens (including phenoxy) is 1. The number of methoxy groups -OCH3 is 1. The Labute approximate surface area is 163 Å². The van der Waals surface area contributed by atoms with Crippen LogP contribution in [0.15, 0.2) is 48.5 Å². The molecule has 7 nitrogen and oxygen atoms in total. The van der Waals surface area contributed by atoms with Gasteiger partial charge in [0.1, 0.15) is 6.29 Å². The van der Waals surface area contributed by atoms with Crippen LogP contribution in [0.25, 0.3) is 0 Å². The van der Waals surface area contributed by atoms with Crippen LogP contribution < -0.4 is 10.8 Å². The Hall–Kier alpha value is -2.97. The maximum absolute atomic E-state index is 12.6. The van der Waals surface area contributed by atoms with Crippen molar-refractivity contribution >= 4 is 30.7 Å². The normalized spacial score (nSPS) is 11.4. The van der Waals surface area contributed by atoms with Gasteiger partial charge < -0.3 is 20.1 Å². The van der Waals surface area contributed by atoms with Crippen LogP contribution in [-0.4, -0.2) is 48.5 Å². The summed E-state index contributed by atoms with van der Waals surface area (Å²) >= 11 is 0. The van der Waals surface area contributed by atoms with Crippen LogP contribution in [0.4, 0.5) is 0 Å². The first-order valence-corrected chi connectivity index (χ1v) is 8.81. The lowest BCUT2D eigenvalue weighted by Crippen LogP contribution is -2.38. The maximum atomic E-state index is 12.6. The van der Waals surface area contributed by atoms with E-state index >= 15 is 0 Å². The van der Waals surface area contributed by atoms with Crippen LogP contribution in [0.2, 0.25) is 0 Å². The molecule has 2 aromatic carbocycles. The van der Waals surface area contributed by atoms with E-state index in [2.05, 4.69) is 10.1 Å². The predicted molar refractivity (Wildman–Crippen MR) is 104 cm³/mol. The van der Waals surface area contributed by atoms with Crippen molar-refractivity contribution < 1.29 is 29.2 Å². The number of amides is 1. The summed E-state index contributed by atoms with van der Waals surface area (Å²) in [7, 11) is -0.492. The number of rotatable bonds is 9. The molecule has 28 heavy (non-hydrogen) atoms. The van der Waals surface area contributed by atoms with Gasteiger partial charge in [-0.15, -0.1) is 0 Å². The molecule has 2 aromatic rings. The summed E-state index contributed by atoms with van der Waals surface area (Å²) in [6.07, 6.45) is 1.53. The Kier molecular flexibility index (Phi) is 7.92.